The zero-order valence-electron chi connectivity index (χ0n) is 10.2. The van der Waals surface area contributed by atoms with E-state index in [0.717, 1.165) is 5.56 Å². The average Bonchev–Trinajstić information content (AvgIpc) is 2.43. The molecule has 0 radical (unpaired) electrons. The van der Waals surface area contributed by atoms with Crippen LogP contribution in [-0.4, -0.2) is 5.78 Å². The van der Waals surface area contributed by atoms with Gasteiger partial charge in [-0.25, -0.2) is 4.39 Å². The van der Waals surface area contributed by atoms with E-state index in [1.165, 1.54) is 24.3 Å². The molecular formula is C16H12FNO. The molecule has 0 fully saturated rings. The van der Waals surface area contributed by atoms with Gasteiger partial charge in [0, 0.05) is 6.42 Å². The second-order valence-electron chi connectivity index (χ2n) is 4.24. The number of hydrogen-bond donors (Lipinski definition) is 0. The van der Waals surface area contributed by atoms with Gasteiger partial charge in [-0.05, 0) is 23.3 Å². The second kappa shape index (κ2) is 5.92. The van der Waals surface area contributed by atoms with E-state index in [4.69, 9.17) is 5.26 Å². The first kappa shape index (κ1) is 13.0. The van der Waals surface area contributed by atoms with Crippen LogP contribution in [0.4, 0.5) is 4.39 Å². The van der Waals surface area contributed by atoms with Crippen molar-refractivity contribution in [3.05, 3.63) is 71.5 Å². The van der Waals surface area contributed by atoms with Gasteiger partial charge in [0.15, 0.2) is 5.78 Å². The molecule has 0 heterocycles. The van der Waals surface area contributed by atoms with E-state index in [0.29, 0.717) is 5.56 Å². The standard InChI is InChI=1S/C16H12FNO/c17-14-8-6-13(7-9-14)15(11-18)16(19)10-12-4-2-1-3-5-12/h1-9,15H,10H2. The van der Waals surface area contributed by atoms with Crippen LogP contribution < -0.4 is 0 Å². The number of halogens is 1. The number of nitrogens with zero attached hydrogens (tertiary/aromatic N) is 1. The fraction of sp³-hybridized carbons (Fsp3) is 0.125. The number of carbonyl (C=O) groups is 1. The van der Waals surface area contributed by atoms with Gasteiger partial charge in [-0.15, -0.1) is 0 Å². The van der Waals surface area contributed by atoms with Gasteiger partial charge in [-0.2, -0.15) is 5.26 Å². The normalized spacial score (nSPS) is 11.6. The lowest BCUT2D eigenvalue weighted by Crippen LogP contribution is -2.13. The van der Waals surface area contributed by atoms with Crippen molar-refractivity contribution in [2.75, 3.05) is 0 Å². The molecule has 1 unspecified atom stereocenters. The Kier molecular flexibility index (Phi) is 4.04. The molecule has 0 aromatic heterocycles. The minimum Gasteiger partial charge on any atom is -0.297 e. The number of benzene rings is 2. The molecular weight excluding hydrogens is 241 g/mol. The van der Waals surface area contributed by atoms with Crippen LogP contribution in [0.15, 0.2) is 54.6 Å². The Labute approximate surface area is 111 Å². The lowest BCUT2D eigenvalue weighted by molar-refractivity contribution is -0.118. The van der Waals surface area contributed by atoms with Crippen molar-refractivity contribution in [2.45, 2.75) is 12.3 Å². The van der Waals surface area contributed by atoms with E-state index in [2.05, 4.69) is 0 Å². The highest BCUT2D eigenvalue weighted by molar-refractivity contribution is 5.90. The minimum atomic E-state index is -0.846. The lowest BCUT2D eigenvalue weighted by atomic mass is 9.92. The van der Waals surface area contributed by atoms with Gasteiger partial charge in [0.25, 0.3) is 0 Å². The molecule has 0 aliphatic carbocycles. The van der Waals surface area contributed by atoms with E-state index in [1.807, 2.05) is 36.4 Å². The number of nitriles is 1. The van der Waals surface area contributed by atoms with E-state index >= 15 is 0 Å². The monoisotopic (exact) mass is 253 g/mol. The van der Waals surface area contributed by atoms with Crippen molar-refractivity contribution >= 4 is 5.78 Å². The number of carbonyl (C=O) groups excluding carboxylic acids is 1. The van der Waals surface area contributed by atoms with E-state index in [-0.39, 0.29) is 18.0 Å². The third kappa shape index (κ3) is 3.26. The van der Waals surface area contributed by atoms with Gasteiger partial charge in [-0.1, -0.05) is 42.5 Å². The summed E-state index contributed by atoms with van der Waals surface area (Å²) in [6, 6.07) is 16.7. The van der Waals surface area contributed by atoms with Crippen LogP contribution in [0.3, 0.4) is 0 Å². The highest BCUT2D eigenvalue weighted by atomic mass is 19.1. The van der Waals surface area contributed by atoms with Gasteiger partial charge >= 0.3 is 0 Å². The van der Waals surface area contributed by atoms with Gasteiger partial charge < -0.3 is 0 Å². The summed E-state index contributed by atoms with van der Waals surface area (Å²) < 4.78 is 12.8. The van der Waals surface area contributed by atoms with Crippen LogP contribution in [0.5, 0.6) is 0 Å². The van der Waals surface area contributed by atoms with Crippen molar-refractivity contribution in [2.24, 2.45) is 0 Å². The maximum Gasteiger partial charge on any atom is 0.158 e. The number of Topliss-reactive ketones (excluding diaryl/α,β-unsaturated/α-hetero) is 1. The largest absolute Gasteiger partial charge is 0.297 e. The van der Waals surface area contributed by atoms with Crippen molar-refractivity contribution in [3.8, 4) is 6.07 Å². The Morgan fingerprint density at radius 3 is 2.32 bits per heavy atom. The number of hydrogen-bond acceptors (Lipinski definition) is 2. The number of rotatable bonds is 4. The second-order valence-corrected chi connectivity index (χ2v) is 4.24. The maximum atomic E-state index is 12.8. The third-order valence-corrected chi connectivity index (χ3v) is 2.88. The molecule has 0 N–H and O–H groups in total. The quantitative estimate of drug-likeness (QED) is 0.839. The van der Waals surface area contributed by atoms with Gasteiger partial charge in [0.2, 0.25) is 0 Å². The molecule has 2 aromatic rings. The molecule has 0 aliphatic heterocycles. The van der Waals surface area contributed by atoms with Crippen molar-refractivity contribution < 1.29 is 9.18 Å². The van der Waals surface area contributed by atoms with E-state index < -0.39 is 5.92 Å². The molecule has 2 rings (SSSR count). The predicted molar refractivity (Wildman–Crippen MR) is 69.9 cm³/mol. The fourth-order valence-electron chi connectivity index (χ4n) is 1.89. The average molecular weight is 253 g/mol. The minimum absolute atomic E-state index is 0.180. The molecule has 94 valence electrons. The summed E-state index contributed by atoms with van der Waals surface area (Å²) in [6.07, 6.45) is 0.205. The summed E-state index contributed by atoms with van der Waals surface area (Å²) in [5.41, 5.74) is 1.40. The van der Waals surface area contributed by atoms with Crippen molar-refractivity contribution in [3.63, 3.8) is 0 Å². The van der Waals surface area contributed by atoms with Gasteiger partial charge in [0.05, 0.1) is 6.07 Å². The molecule has 0 spiro atoms. The van der Waals surface area contributed by atoms with E-state index in [1.54, 1.807) is 0 Å². The van der Waals surface area contributed by atoms with Crippen LogP contribution in [0.25, 0.3) is 0 Å². The Balaban J connectivity index is 2.16. The molecule has 0 saturated heterocycles. The van der Waals surface area contributed by atoms with Crippen molar-refractivity contribution in [1.29, 1.82) is 5.26 Å². The lowest BCUT2D eigenvalue weighted by Gasteiger charge is -2.08. The first-order chi connectivity index (χ1) is 9.20. The van der Waals surface area contributed by atoms with Crippen LogP contribution in [0.1, 0.15) is 17.0 Å². The molecule has 3 heteroatoms. The summed E-state index contributed by atoms with van der Waals surface area (Å²) in [6.45, 7) is 0. The molecule has 0 aliphatic rings. The fourth-order valence-corrected chi connectivity index (χ4v) is 1.89. The van der Waals surface area contributed by atoms with Crippen molar-refractivity contribution in [1.82, 2.24) is 0 Å². The molecule has 0 saturated carbocycles. The molecule has 2 aromatic carbocycles. The first-order valence-corrected chi connectivity index (χ1v) is 5.92. The zero-order chi connectivity index (χ0) is 13.7. The van der Waals surface area contributed by atoms with E-state index in [9.17, 15) is 9.18 Å². The molecule has 0 bridgehead atoms. The highest BCUT2D eigenvalue weighted by Crippen LogP contribution is 2.18. The van der Waals surface area contributed by atoms with Crippen LogP contribution in [0, 0.1) is 17.1 Å². The number of ketones is 1. The Morgan fingerprint density at radius 2 is 1.74 bits per heavy atom. The third-order valence-electron chi connectivity index (χ3n) is 2.88. The Hall–Kier alpha value is -2.47. The van der Waals surface area contributed by atoms with Crippen LogP contribution >= 0.6 is 0 Å². The summed E-state index contributed by atoms with van der Waals surface area (Å²) in [5, 5.41) is 9.13. The maximum absolute atomic E-state index is 12.8. The molecule has 2 nitrogen and oxygen atoms in total. The first-order valence-electron chi connectivity index (χ1n) is 5.92. The smallest absolute Gasteiger partial charge is 0.158 e. The SMILES string of the molecule is N#CC(C(=O)Cc1ccccc1)c1ccc(F)cc1. The molecule has 1 atom stereocenters. The summed E-state index contributed by atoms with van der Waals surface area (Å²) >= 11 is 0. The summed E-state index contributed by atoms with van der Waals surface area (Å²) in [7, 11) is 0. The predicted octanol–water partition coefficient (Wildman–Crippen LogP) is 3.24. The highest BCUT2D eigenvalue weighted by Gasteiger charge is 2.20. The van der Waals surface area contributed by atoms with Gasteiger partial charge in [0.1, 0.15) is 11.7 Å². The molecule has 19 heavy (non-hydrogen) atoms. The molecule has 0 amide bonds. The topological polar surface area (TPSA) is 40.9 Å². The summed E-state index contributed by atoms with van der Waals surface area (Å²) in [5.74, 6) is -1.41. The van der Waals surface area contributed by atoms with Crippen LogP contribution in [-0.2, 0) is 11.2 Å². The Bertz CT molecular complexity index is 599. The van der Waals surface area contributed by atoms with Gasteiger partial charge in [-0.3, -0.25) is 4.79 Å². The summed E-state index contributed by atoms with van der Waals surface area (Å²) in [4.78, 5) is 12.1. The van der Waals surface area contributed by atoms with Crippen LogP contribution in [0.2, 0.25) is 0 Å². The zero-order valence-corrected chi connectivity index (χ0v) is 10.2. The Morgan fingerprint density at radius 1 is 1.11 bits per heavy atom.